The highest BCUT2D eigenvalue weighted by Gasteiger charge is 2.18. The first-order valence-electron chi connectivity index (χ1n) is 11.5. The zero-order valence-electron chi connectivity index (χ0n) is 21.3. The molecule has 0 aliphatic heterocycles. The maximum Gasteiger partial charge on any atom is 0.236 e. The van der Waals surface area contributed by atoms with Crippen LogP contribution in [0.5, 0.6) is 5.75 Å². The molecule has 0 amide bonds. The average molecular weight is 509 g/mol. The number of fused-ring (bicyclic) bond motifs is 1. The summed E-state index contributed by atoms with van der Waals surface area (Å²) in [4.78, 5) is 13.5. The summed E-state index contributed by atoms with van der Waals surface area (Å²) in [5.41, 5.74) is 10.8. The Balaban J connectivity index is 1.68. The summed E-state index contributed by atoms with van der Waals surface area (Å²) in [5.74, 6) is 1.29. The minimum Gasteiger partial charge on any atom is -0.496 e. The van der Waals surface area contributed by atoms with Crippen molar-refractivity contribution in [2.45, 2.75) is 6.42 Å². The number of methoxy groups -OCH3 is 1. The number of nitrogens with two attached hydrogens (primary N) is 1. The minimum absolute atomic E-state index is 0.410. The van der Waals surface area contributed by atoms with Gasteiger partial charge in [0.15, 0.2) is 0 Å². The summed E-state index contributed by atoms with van der Waals surface area (Å²) in [6.07, 6.45) is 4.90. The van der Waals surface area contributed by atoms with Gasteiger partial charge in [-0.15, -0.1) is 0 Å². The Morgan fingerprint density at radius 3 is 2.53 bits per heavy atom. The standard InChI is InChI=1S/C26H32N6O3S/c1-30(2)12-13-31(3)24-16-25(35-4)18(14-21(24)27)15-26-28-11-10-22(29-26)20-17-32(36(5,33)34)23-9-7-6-8-19(20)23/h6-11,14,16-17H,12-13,15,27H2,1-5H3. The van der Waals surface area contributed by atoms with Gasteiger partial charge in [0.1, 0.15) is 11.6 Å². The van der Waals surface area contributed by atoms with E-state index >= 15 is 0 Å². The van der Waals surface area contributed by atoms with Gasteiger partial charge in [-0.05, 0) is 32.3 Å². The zero-order valence-corrected chi connectivity index (χ0v) is 22.1. The van der Waals surface area contributed by atoms with Crippen LogP contribution < -0.4 is 15.4 Å². The smallest absolute Gasteiger partial charge is 0.236 e. The molecule has 2 aromatic heterocycles. The fourth-order valence-corrected chi connectivity index (χ4v) is 5.01. The molecule has 4 aromatic rings. The van der Waals surface area contributed by atoms with Crippen LogP contribution in [-0.4, -0.2) is 74.9 Å². The minimum atomic E-state index is -3.47. The van der Waals surface area contributed by atoms with Gasteiger partial charge < -0.3 is 20.3 Å². The molecule has 0 radical (unpaired) electrons. The van der Waals surface area contributed by atoms with E-state index in [0.29, 0.717) is 34.9 Å². The van der Waals surface area contributed by atoms with Crippen LogP contribution in [0.1, 0.15) is 11.4 Å². The second kappa shape index (κ2) is 10.2. The fourth-order valence-electron chi connectivity index (χ4n) is 4.20. The number of hydrogen-bond acceptors (Lipinski definition) is 8. The van der Waals surface area contributed by atoms with Crippen LogP contribution in [0.25, 0.3) is 22.2 Å². The molecular formula is C26H32N6O3S. The number of ether oxygens (including phenoxy) is 1. The summed E-state index contributed by atoms with van der Waals surface area (Å²) in [7, 11) is 4.24. The Labute approximate surface area is 212 Å². The summed E-state index contributed by atoms with van der Waals surface area (Å²) in [6.45, 7) is 1.72. The van der Waals surface area contributed by atoms with E-state index in [0.717, 1.165) is 35.3 Å². The molecular weight excluding hydrogens is 476 g/mol. The molecule has 0 spiro atoms. The second-order valence-corrected chi connectivity index (χ2v) is 11.0. The molecule has 9 nitrogen and oxygen atoms in total. The molecule has 0 fully saturated rings. The van der Waals surface area contributed by atoms with Crippen molar-refractivity contribution in [1.29, 1.82) is 0 Å². The highest BCUT2D eigenvalue weighted by molar-refractivity contribution is 7.89. The normalized spacial score (nSPS) is 11.8. The molecule has 36 heavy (non-hydrogen) atoms. The monoisotopic (exact) mass is 508 g/mol. The van der Waals surface area contributed by atoms with Crippen molar-refractivity contribution >= 4 is 32.3 Å². The largest absolute Gasteiger partial charge is 0.496 e. The van der Waals surface area contributed by atoms with Crippen LogP contribution in [0.4, 0.5) is 11.4 Å². The van der Waals surface area contributed by atoms with E-state index in [-0.39, 0.29) is 0 Å². The summed E-state index contributed by atoms with van der Waals surface area (Å²) in [5, 5.41) is 0.805. The predicted octanol–water partition coefficient (Wildman–Crippen LogP) is 3.09. The number of rotatable bonds is 9. The van der Waals surface area contributed by atoms with Gasteiger partial charge >= 0.3 is 0 Å². The molecule has 10 heteroatoms. The van der Waals surface area contributed by atoms with Gasteiger partial charge in [0.2, 0.25) is 10.0 Å². The third kappa shape index (κ3) is 5.29. The summed E-state index contributed by atoms with van der Waals surface area (Å²) < 4.78 is 31.7. The van der Waals surface area contributed by atoms with Crippen LogP contribution >= 0.6 is 0 Å². The lowest BCUT2D eigenvalue weighted by Gasteiger charge is -2.24. The Bertz CT molecular complexity index is 1500. The zero-order chi connectivity index (χ0) is 26.0. The van der Waals surface area contributed by atoms with E-state index in [1.165, 1.54) is 10.2 Å². The molecule has 0 aliphatic carbocycles. The van der Waals surface area contributed by atoms with Crippen LogP contribution in [0.3, 0.4) is 0 Å². The van der Waals surface area contributed by atoms with Crippen LogP contribution in [0.2, 0.25) is 0 Å². The van der Waals surface area contributed by atoms with Crippen molar-refractivity contribution in [3.8, 4) is 17.0 Å². The Morgan fingerprint density at radius 2 is 1.83 bits per heavy atom. The Morgan fingerprint density at radius 1 is 1.08 bits per heavy atom. The van der Waals surface area contributed by atoms with E-state index in [4.69, 9.17) is 15.5 Å². The molecule has 0 aliphatic rings. The molecule has 0 unspecified atom stereocenters. The van der Waals surface area contributed by atoms with Crippen molar-refractivity contribution in [3.63, 3.8) is 0 Å². The maximum atomic E-state index is 12.4. The highest BCUT2D eigenvalue weighted by Crippen LogP contribution is 2.34. The fraction of sp³-hybridized carbons (Fsp3) is 0.308. The van der Waals surface area contributed by atoms with Crippen molar-refractivity contribution in [2.75, 3.05) is 58.2 Å². The first-order chi connectivity index (χ1) is 17.1. The lowest BCUT2D eigenvalue weighted by molar-refractivity contribution is 0.409. The van der Waals surface area contributed by atoms with Gasteiger partial charge in [-0.25, -0.2) is 22.4 Å². The number of anilines is 2. The highest BCUT2D eigenvalue weighted by atomic mass is 32.2. The van der Waals surface area contributed by atoms with Crippen molar-refractivity contribution in [3.05, 3.63) is 66.2 Å². The molecule has 2 heterocycles. The SMILES string of the molecule is COc1cc(N(C)CCN(C)C)c(N)cc1Cc1nccc(-c2cn(S(C)(=O)=O)c3ccccc23)n1. The summed E-state index contributed by atoms with van der Waals surface area (Å²) in [6, 6.07) is 13.0. The molecule has 0 saturated carbocycles. The third-order valence-electron chi connectivity index (χ3n) is 6.09. The topological polar surface area (TPSA) is 107 Å². The van der Waals surface area contributed by atoms with Gasteiger partial charge in [0, 0.05) is 61.5 Å². The quantitative estimate of drug-likeness (QED) is 0.344. The number of benzene rings is 2. The molecule has 2 N–H and O–H groups in total. The first kappa shape index (κ1) is 25.5. The number of likely N-dealkylation sites (N-methyl/N-ethyl adjacent to an activating group) is 2. The van der Waals surface area contributed by atoms with E-state index < -0.39 is 10.0 Å². The van der Waals surface area contributed by atoms with E-state index in [1.54, 1.807) is 31.6 Å². The number of nitrogen functional groups attached to an aromatic ring is 1. The Kier molecular flexibility index (Phi) is 7.18. The van der Waals surface area contributed by atoms with E-state index in [9.17, 15) is 8.42 Å². The average Bonchev–Trinajstić information content (AvgIpc) is 3.23. The molecule has 190 valence electrons. The van der Waals surface area contributed by atoms with Gasteiger partial charge in [-0.3, -0.25) is 0 Å². The number of para-hydroxylation sites is 1. The van der Waals surface area contributed by atoms with Crippen molar-refractivity contribution in [2.24, 2.45) is 0 Å². The number of hydrogen-bond donors (Lipinski definition) is 1. The van der Waals surface area contributed by atoms with Gasteiger partial charge in [-0.2, -0.15) is 0 Å². The first-order valence-corrected chi connectivity index (χ1v) is 13.4. The van der Waals surface area contributed by atoms with Crippen molar-refractivity contribution < 1.29 is 13.2 Å². The maximum absolute atomic E-state index is 12.4. The molecule has 0 atom stereocenters. The van der Waals surface area contributed by atoms with Crippen LogP contribution in [0.15, 0.2) is 54.9 Å². The van der Waals surface area contributed by atoms with Crippen LogP contribution in [-0.2, 0) is 16.4 Å². The van der Waals surface area contributed by atoms with E-state index in [1.807, 2.05) is 51.5 Å². The Hall–Kier alpha value is -3.63. The molecule has 0 saturated heterocycles. The van der Waals surface area contributed by atoms with Crippen LogP contribution in [0, 0.1) is 0 Å². The summed E-state index contributed by atoms with van der Waals surface area (Å²) >= 11 is 0. The van der Waals surface area contributed by atoms with Crippen molar-refractivity contribution in [1.82, 2.24) is 18.8 Å². The molecule has 0 bridgehead atoms. The number of aromatic nitrogens is 3. The van der Waals surface area contributed by atoms with E-state index in [2.05, 4.69) is 14.8 Å². The van der Waals surface area contributed by atoms with Gasteiger partial charge in [0.05, 0.1) is 36.0 Å². The lowest BCUT2D eigenvalue weighted by Crippen LogP contribution is -2.29. The lowest BCUT2D eigenvalue weighted by atomic mass is 10.1. The molecule has 2 aromatic carbocycles. The predicted molar refractivity (Wildman–Crippen MR) is 145 cm³/mol. The number of nitrogens with zero attached hydrogens (tertiary/aromatic N) is 5. The third-order valence-corrected chi connectivity index (χ3v) is 7.11. The molecule has 4 rings (SSSR count). The van der Waals surface area contributed by atoms with Gasteiger partial charge in [-0.1, -0.05) is 18.2 Å². The van der Waals surface area contributed by atoms with Gasteiger partial charge in [0.25, 0.3) is 0 Å². The second-order valence-electron chi connectivity index (χ2n) is 9.10.